The SMILES string of the molecule is CC[C@](C)(OC(=O)COC(C)C)C(=O)c1ccc(SC)cc1.[2HH]. The molecule has 0 bridgehead atoms. The van der Waals surface area contributed by atoms with Crippen molar-refractivity contribution in [3.05, 3.63) is 29.8 Å². The third-order valence-corrected chi connectivity index (χ3v) is 4.12. The van der Waals surface area contributed by atoms with Gasteiger partial charge < -0.3 is 9.47 Å². The molecule has 0 amide bonds. The van der Waals surface area contributed by atoms with E-state index in [2.05, 4.69) is 0 Å². The largest absolute Gasteiger partial charge is 0.449 e. The lowest BCUT2D eigenvalue weighted by Crippen LogP contribution is -2.41. The van der Waals surface area contributed by atoms with Crippen molar-refractivity contribution in [1.29, 1.82) is 0 Å². The molecule has 1 aromatic rings. The zero-order valence-electron chi connectivity index (χ0n) is 13.8. The molecule has 0 saturated carbocycles. The lowest BCUT2D eigenvalue weighted by molar-refractivity contribution is -0.161. The second-order valence-corrected chi connectivity index (χ2v) is 6.36. The minimum atomic E-state index is -1.17. The van der Waals surface area contributed by atoms with E-state index in [-0.39, 0.29) is 19.9 Å². The first-order valence-corrected chi connectivity index (χ1v) is 8.57. The van der Waals surface area contributed by atoms with Gasteiger partial charge in [0.05, 0.1) is 6.10 Å². The molecular weight excluding hydrogens is 300 g/mol. The van der Waals surface area contributed by atoms with E-state index in [0.717, 1.165) is 4.90 Å². The first-order valence-electron chi connectivity index (χ1n) is 7.34. The number of thioether (sulfide) groups is 1. The molecule has 0 fully saturated rings. The predicted octanol–water partition coefficient (Wildman–Crippen LogP) is 3.97. The van der Waals surface area contributed by atoms with Gasteiger partial charge in [0.15, 0.2) is 5.60 Å². The van der Waals surface area contributed by atoms with Crippen molar-refractivity contribution in [3.8, 4) is 0 Å². The van der Waals surface area contributed by atoms with Crippen molar-refractivity contribution >= 4 is 23.5 Å². The standard InChI is InChI=1S/C17H24O4S.H2/c1-6-17(4,21-15(18)11-20-12(2)3)16(19)13-7-9-14(22-5)10-8-13;/h7-10,12H,6,11H2,1-5H3;1H/t17-;/m0./s1/i;1+1. The van der Waals surface area contributed by atoms with Crippen LogP contribution in [0.4, 0.5) is 0 Å². The molecule has 0 aliphatic heterocycles. The van der Waals surface area contributed by atoms with Gasteiger partial charge in [-0.15, -0.1) is 11.8 Å². The van der Waals surface area contributed by atoms with E-state index in [4.69, 9.17) is 9.47 Å². The van der Waals surface area contributed by atoms with Gasteiger partial charge in [-0.05, 0) is 45.6 Å². The van der Waals surface area contributed by atoms with Gasteiger partial charge in [0.1, 0.15) is 6.61 Å². The van der Waals surface area contributed by atoms with E-state index in [1.807, 2.05) is 39.2 Å². The molecule has 22 heavy (non-hydrogen) atoms. The van der Waals surface area contributed by atoms with Crippen LogP contribution in [-0.2, 0) is 14.3 Å². The maximum absolute atomic E-state index is 12.6. The molecule has 0 N–H and O–H groups in total. The molecule has 1 rings (SSSR count). The molecule has 1 atom stereocenters. The van der Waals surface area contributed by atoms with Crippen LogP contribution in [0.15, 0.2) is 29.2 Å². The van der Waals surface area contributed by atoms with Crippen molar-refractivity contribution in [3.63, 3.8) is 0 Å². The molecule has 0 aromatic heterocycles. The third kappa shape index (κ3) is 5.14. The highest BCUT2D eigenvalue weighted by molar-refractivity contribution is 7.98. The Morgan fingerprint density at radius 3 is 2.32 bits per heavy atom. The molecule has 0 heterocycles. The summed E-state index contributed by atoms with van der Waals surface area (Å²) in [6, 6.07) is 7.30. The number of rotatable bonds is 8. The first-order chi connectivity index (χ1) is 10.3. The molecule has 0 aliphatic carbocycles. The molecule has 5 heteroatoms. The highest BCUT2D eigenvalue weighted by Gasteiger charge is 2.36. The number of ketones is 1. The summed E-state index contributed by atoms with van der Waals surface area (Å²) in [5.41, 5.74) is -0.627. The minimum Gasteiger partial charge on any atom is -0.449 e. The van der Waals surface area contributed by atoms with Crippen LogP contribution >= 0.6 is 11.8 Å². The fourth-order valence-electron chi connectivity index (χ4n) is 1.84. The zero-order chi connectivity index (χ0) is 16.8. The smallest absolute Gasteiger partial charge is 0.333 e. The zero-order valence-corrected chi connectivity index (χ0v) is 14.7. The van der Waals surface area contributed by atoms with Gasteiger partial charge in [-0.1, -0.05) is 19.1 Å². The van der Waals surface area contributed by atoms with Crippen LogP contribution in [0, 0.1) is 0 Å². The van der Waals surface area contributed by atoms with Gasteiger partial charge in [-0.25, -0.2) is 4.79 Å². The number of benzene rings is 1. The number of Topliss-reactive ketones (excluding diaryl/α,β-unsaturated/α-hetero) is 1. The number of ether oxygens (including phenoxy) is 2. The Kier molecular flexibility index (Phi) is 7.10. The van der Waals surface area contributed by atoms with E-state index in [0.29, 0.717) is 12.0 Å². The summed E-state index contributed by atoms with van der Waals surface area (Å²) in [4.78, 5) is 25.6. The van der Waals surface area contributed by atoms with Crippen molar-refractivity contribution in [2.45, 2.75) is 50.7 Å². The second-order valence-electron chi connectivity index (χ2n) is 5.48. The van der Waals surface area contributed by atoms with Crippen molar-refractivity contribution < 1.29 is 20.5 Å². The van der Waals surface area contributed by atoms with Gasteiger partial charge in [0.2, 0.25) is 5.78 Å². The number of hydrogen-bond acceptors (Lipinski definition) is 5. The normalized spacial score (nSPS) is 13.7. The number of hydrogen-bond donors (Lipinski definition) is 0. The van der Waals surface area contributed by atoms with Crippen LogP contribution in [0.2, 0.25) is 0 Å². The molecule has 0 aliphatic rings. The minimum absolute atomic E-state index is 0. The van der Waals surface area contributed by atoms with E-state index >= 15 is 0 Å². The molecule has 4 nitrogen and oxygen atoms in total. The predicted molar refractivity (Wildman–Crippen MR) is 90.5 cm³/mol. The van der Waals surface area contributed by atoms with E-state index < -0.39 is 11.6 Å². The van der Waals surface area contributed by atoms with E-state index in [1.54, 1.807) is 30.8 Å². The Hall–Kier alpha value is -1.33. The maximum atomic E-state index is 12.6. The number of carbonyl (C=O) groups is 2. The molecule has 0 spiro atoms. The van der Waals surface area contributed by atoms with Crippen molar-refractivity contribution in [2.24, 2.45) is 0 Å². The lowest BCUT2D eigenvalue weighted by atomic mass is 9.92. The fraction of sp³-hybridized carbons (Fsp3) is 0.529. The summed E-state index contributed by atoms with van der Waals surface area (Å²) in [6.45, 7) is 7.00. The van der Waals surface area contributed by atoms with Gasteiger partial charge in [-0.2, -0.15) is 0 Å². The summed E-state index contributed by atoms with van der Waals surface area (Å²) in [6.07, 6.45) is 2.32. The summed E-state index contributed by atoms with van der Waals surface area (Å²) in [7, 11) is 0. The summed E-state index contributed by atoms with van der Waals surface area (Å²) < 4.78 is 10.6. The maximum Gasteiger partial charge on any atom is 0.333 e. The molecule has 1 aromatic carbocycles. The number of esters is 1. The van der Waals surface area contributed by atoms with Crippen LogP contribution in [-0.4, -0.2) is 36.3 Å². The average Bonchev–Trinajstić information content (AvgIpc) is 2.52. The van der Waals surface area contributed by atoms with Gasteiger partial charge in [0, 0.05) is 11.9 Å². The number of carbonyl (C=O) groups excluding carboxylic acids is 2. The highest BCUT2D eigenvalue weighted by Crippen LogP contribution is 2.24. The van der Waals surface area contributed by atoms with Gasteiger partial charge in [-0.3, -0.25) is 4.79 Å². The van der Waals surface area contributed by atoms with Crippen LogP contribution in [0.25, 0.3) is 0 Å². The van der Waals surface area contributed by atoms with Crippen LogP contribution in [0.5, 0.6) is 0 Å². The van der Waals surface area contributed by atoms with Crippen LogP contribution in [0.1, 0.15) is 45.9 Å². The third-order valence-electron chi connectivity index (χ3n) is 3.38. The monoisotopic (exact) mass is 327 g/mol. The van der Waals surface area contributed by atoms with Gasteiger partial charge in [0.25, 0.3) is 0 Å². The fourth-order valence-corrected chi connectivity index (χ4v) is 2.25. The molecular formula is C17H26O4S. The average molecular weight is 327 g/mol. The summed E-state index contributed by atoms with van der Waals surface area (Å²) in [5, 5.41) is 0. The Balaban J connectivity index is 0.00000484. The summed E-state index contributed by atoms with van der Waals surface area (Å²) in [5.74, 6) is -0.715. The highest BCUT2D eigenvalue weighted by atomic mass is 32.2. The Labute approximate surface area is 138 Å². The molecule has 0 saturated heterocycles. The molecule has 124 valence electrons. The summed E-state index contributed by atoms with van der Waals surface area (Å²) >= 11 is 1.61. The molecule has 0 unspecified atom stereocenters. The second kappa shape index (κ2) is 8.34. The first kappa shape index (κ1) is 18.7. The van der Waals surface area contributed by atoms with Crippen molar-refractivity contribution in [1.82, 2.24) is 0 Å². The quantitative estimate of drug-likeness (QED) is 0.411. The van der Waals surface area contributed by atoms with Crippen LogP contribution in [0.3, 0.4) is 0 Å². The Morgan fingerprint density at radius 1 is 1.27 bits per heavy atom. The topological polar surface area (TPSA) is 52.6 Å². The van der Waals surface area contributed by atoms with Crippen molar-refractivity contribution in [2.75, 3.05) is 12.9 Å². The lowest BCUT2D eigenvalue weighted by Gasteiger charge is -2.27. The Bertz CT molecular complexity index is 516. The Morgan fingerprint density at radius 2 is 1.86 bits per heavy atom. The van der Waals surface area contributed by atoms with Crippen LogP contribution < -0.4 is 0 Å². The van der Waals surface area contributed by atoms with E-state index in [1.165, 1.54) is 0 Å². The van der Waals surface area contributed by atoms with Gasteiger partial charge >= 0.3 is 5.97 Å². The molecule has 0 radical (unpaired) electrons. The van der Waals surface area contributed by atoms with E-state index in [9.17, 15) is 9.59 Å².